The molecule has 0 bridgehead atoms. The van der Waals surface area contributed by atoms with E-state index >= 15 is 0 Å². The number of hydrogen-bond acceptors (Lipinski definition) is 4. The minimum Gasteiger partial charge on any atom is -0.478 e. The molecule has 2 aromatic rings. The van der Waals surface area contributed by atoms with E-state index in [0.29, 0.717) is 11.3 Å². The smallest absolute Gasteiger partial charge is 0.328 e. The highest BCUT2D eigenvalue weighted by atomic mass is 16.4. The number of nitrogens with zero attached hydrogens (tertiary/aromatic N) is 2. The Bertz CT molecular complexity index is 636. The highest BCUT2D eigenvalue weighted by Gasteiger charge is 2.06. The quantitative estimate of drug-likeness (QED) is 0.826. The molecule has 0 saturated carbocycles. The van der Waals surface area contributed by atoms with Crippen LogP contribution in [-0.4, -0.2) is 27.0 Å². The standard InChI is InChI=1S/C14H11N3O3/c18-13(19)4-2-10-1-3-12(16-9-10)14(20)17-11-5-7-15-8-6-11/h1-9H,(H,18,19)(H,15,17,20). The molecule has 100 valence electrons. The van der Waals surface area contributed by atoms with Gasteiger partial charge in [-0.15, -0.1) is 0 Å². The van der Waals surface area contributed by atoms with Crippen molar-refractivity contribution < 1.29 is 14.7 Å². The number of hydrogen-bond donors (Lipinski definition) is 2. The van der Waals surface area contributed by atoms with Crippen molar-refractivity contribution in [2.24, 2.45) is 0 Å². The van der Waals surface area contributed by atoms with Gasteiger partial charge in [-0.05, 0) is 29.8 Å². The predicted octanol–water partition coefficient (Wildman–Crippen LogP) is 1.83. The van der Waals surface area contributed by atoms with Gasteiger partial charge in [-0.1, -0.05) is 6.07 Å². The third-order valence-electron chi connectivity index (χ3n) is 2.38. The molecule has 0 unspecified atom stereocenters. The first-order chi connectivity index (χ1) is 9.65. The van der Waals surface area contributed by atoms with Crippen LogP contribution in [-0.2, 0) is 4.79 Å². The van der Waals surface area contributed by atoms with Crippen LogP contribution in [0.5, 0.6) is 0 Å². The SMILES string of the molecule is O=C(O)C=Cc1ccc(C(=O)Nc2ccncc2)nc1. The maximum Gasteiger partial charge on any atom is 0.328 e. The minimum absolute atomic E-state index is 0.245. The number of carboxylic acids is 1. The first-order valence-corrected chi connectivity index (χ1v) is 5.73. The molecule has 0 spiro atoms. The van der Waals surface area contributed by atoms with Gasteiger partial charge in [0.15, 0.2) is 0 Å². The second-order valence-electron chi connectivity index (χ2n) is 3.84. The molecule has 2 heterocycles. The Morgan fingerprint density at radius 1 is 1.15 bits per heavy atom. The van der Waals surface area contributed by atoms with Crippen LogP contribution in [0.1, 0.15) is 16.1 Å². The average Bonchev–Trinajstić information content (AvgIpc) is 2.46. The van der Waals surface area contributed by atoms with Gasteiger partial charge in [-0.2, -0.15) is 0 Å². The maximum atomic E-state index is 11.9. The van der Waals surface area contributed by atoms with Crippen molar-refractivity contribution in [3.05, 3.63) is 60.2 Å². The van der Waals surface area contributed by atoms with E-state index in [4.69, 9.17) is 5.11 Å². The lowest BCUT2D eigenvalue weighted by atomic mass is 10.2. The van der Waals surface area contributed by atoms with E-state index in [9.17, 15) is 9.59 Å². The zero-order valence-electron chi connectivity index (χ0n) is 10.4. The molecule has 0 aliphatic heterocycles. The third-order valence-corrected chi connectivity index (χ3v) is 2.38. The number of carbonyl (C=O) groups excluding carboxylic acids is 1. The van der Waals surface area contributed by atoms with Gasteiger partial charge >= 0.3 is 5.97 Å². The monoisotopic (exact) mass is 269 g/mol. The molecule has 6 heteroatoms. The fourth-order valence-electron chi connectivity index (χ4n) is 1.44. The van der Waals surface area contributed by atoms with Gasteiger partial charge in [0.05, 0.1) is 0 Å². The van der Waals surface area contributed by atoms with Crippen molar-refractivity contribution >= 4 is 23.6 Å². The molecule has 2 rings (SSSR count). The summed E-state index contributed by atoms with van der Waals surface area (Å²) in [4.78, 5) is 30.1. The molecule has 0 aliphatic rings. The summed E-state index contributed by atoms with van der Waals surface area (Å²) < 4.78 is 0. The second-order valence-corrected chi connectivity index (χ2v) is 3.84. The molecule has 0 fully saturated rings. The van der Waals surface area contributed by atoms with E-state index < -0.39 is 5.97 Å². The zero-order valence-corrected chi connectivity index (χ0v) is 10.4. The van der Waals surface area contributed by atoms with Crippen molar-refractivity contribution in [2.75, 3.05) is 5.32 Å². The van der Waals surface area contributed by atoms with Crippen LogP contribution in [0.3, 0.4) is 0 Å². The second kappa shape index (κ2) is 6.24. The number of pyridine rings is 2. The largest absolute Gasteiger partial charge is 0.478 e. The summed E-state index contributed by atoms with van der Waals surface area (Å²) in [6, 6.07) is 6.48. The van der Waals surface area contributed by atoms with Crippen LogP contribution in [0.4, 0.5) is 5.69 Å². The Hall–Kier alpha value is -3.02. The molecule has 0 atom stereocenters. The highest BCUT2D eigenvalue weighted by Crippen LogP contribution is 2.07. The van der Waals surface area contributed by atoms with Crippen molar-refractivity contribution in [2.45, 2.75) is 0 Å². The summed E-state index contributed by atoms with van der Waals surface area (Å²) in [5.41, 5.74) is 1.48. The van der Waals surface area contributed by atoms with E-state index in [2.05, 4.69) is 15.3 Å². The van der Waals surface area contributed by atoms with Crippen LogP contribution in [0.2, 0.25) is 0 Å². The third kappa shape index (κ3) is 3.74. The number of anilines is 1. The zero-order chi connectivity index (χ0) is 14.4. The number of aromatic nitrogens is 2. The molecule has 0 aromatic carbocycles. The Kier molecular flexibility index (Phi) is 4.18. The lowest BCUT2D eigenvalue weighted by Crippen LogP contribution is -2.13. The van der Waals surface area contributed by atoms with E-state index in [-0.39, 0.29) is 11.6 Å². The number of carbonyl (C=O) groups is 2. The summed E-state index contributed by atoms with van der Waals surface area (Å²) in [6.07, 6.45) is 6.99. The molecule has 0 saturated heterocycles. The van der Waals surface area contributed by atoms with Crippen molar-refractivity contribution in [1.82, 2.24) is 9.97 Å². The summed E-state index contributed by atoms with van der Waals surface area (Å²) >= 11 is 0. The van der Waals surface area contributed by atoms with Crippen LogP contribution in [0, 0.1) is 0 Å². The van der Waals surface area contributed by atoms with Crippen molar-refractivity contribution in [3.63, 3.8) is 0 Å². The minimum atomic E-state index is -1.04. The normalized spacial score (nSPS) is 10.4. The summed E-state index contributed by atoms with van der Waals surface area (Å²) in [6.45, 7) is 0. The van der Waals surface area contributed by atoms with Gasteiger partial charge in [0.25, 0.3) is 5.91 Å². The Morgan fingerprint density at radius 2 is 1.90 bits per heavy atom. The van der Waals surface area contributed by atoms with Crippen LogP contribution >= 0.6 is 0 Å². The van der Waals surface area contributed by atoms with Gasteiger partial charge in [-0.3, -0.25) is 14.8 Å². The van der Waals surface area contributed by atoms with Gasteiger partial charge in [0.2, 0.25) is 0 Å². The summed E-state index contributed by atoms with van der Waals surface area (Å²) in [5.74, 6) is -1.38. The first kappa shape index (κ1) is 13.4. The van der Waals surface area contributed by atoms with E-state index in [1.807, 2.05) is 0 Å². The van der Waals surface area contributed by atoms with Crippen molar-refractivity contribution in [1.29, 1.82) is 0 Å². The summed E-state index contributed by atoms with van der Waals surface area (Å²) in [5, 5.41) is 11.2. The lowest BCUT2D eigenvalue weighted by molar-refractivity contribution is -0.131. The topological polar surface area (TPSA) is 92.2 Å². The fraction of sp³-hybridized carbons (Fsp3) is 0. The van der Waals surface area contributed by atoms with Gasteiger partial charge in [-0.25, -0.2) is 4.79 Å². The van der Waals surface area contributed by atoms with Gasteiger partial charge in [0, 0.05) is 30.4 Å². The number of rotatable bonds is 4. The lowest BCUT2D eigenvalue weighted by Gasteiger charge is -2.04. The van der Waals surface area contributed by atoms with E-state index in [1.54, 1.807) is 30.6 Å². The highest BCUT2D eigenvalue weighted by molar-refractivity contribution is 6.02. The predicted molar refractivity (Wildman–Crippen MR) is 73.1 cm³/mol. The number of nitrogens with one attached hydrogen (secondary N) is 1. The van der Waals surface area contributed by atoms with E-state index in [1.165, 1.54) is 18.3 Å². The van der Waals surface area contributed by atoms with Gasteiger partial charge < -0.3 is 10.4 Å². The molecule has 2 aromatic heterocycles. The molecule has 2 N–H and O–H groups in total. The Morgan fingerprint density at radius 3 is 2.50 bits per heavy atom. The van der Waals surface area contributed by atoms with Crippen molar-refractivity contribution in [3.8, 4) is 0 Å². The molecule has 1 amide bonds. The van der Waals surface area contributed by atoms with Crippen LogP contribution in [0.15, 0.2) is 48.9 Å². The fourth-order valence-corrected chi connectivity index (χ4v) is 1.44. The first-order valence-electron chi connectivity index (χ1n) is 5.73. The molecule has 0 aliphatic carbocycles. The number of aliphatic carboxylic acids is 1. The molecular weight excluding hydrogens is 258 g/mol. The Balaban J connectivity index is 2.06. The van der Waals surface area contributed by atoms with Crippen LogP contribution < -0.4 is 5.32 Å². The molecular formula is C14H11N3O3. The average molecular weight is 269 g/mol. The van der Waals surface area contributed by atoms with Crippen LogP contribution in [0.25, 0.3) is 6.08 Å². The van der Waals surface area contributed by atoms with E-state index in [0.717, 1.165) is 6.08 Å². The summed E-state index contributed by atoms with van der Waals surface area (Å²) in [7, 11) is 0. The number of amides is 1. The molecule has 20 heavy (non-hydrogen) atoms. The molecule has 6 nitrogen and oxygen atoms in total. The number of carboxylic acid groups (broad SMARTS) is 1. The Labute approximate surface area is 114 Å². The van der Waals surface area contributed by atoms with Gasteiger partial charge in [0.1, 0.15) is 5.69 Å². The maximum absolute atomic E-state index is 11.9. The molecule has 0 radical (unpaired) electrons.